The maximum atomic E-state index is 13.7. The van der Waals surface area contributed by atoms with E-state index in [0.29, 0.717) is 19.3 Å². The van der Waals surface area contributed by atoms with Crippen LogP contribution in [0.3, 0.4) is 0 Å². The summed E-state index contributed by atoms with van der Waals surface area (Å²) in [6.45, 7) is 0.223. The van der Waals surface area contributed by atoms with Crippen LogP contribution in [0.1, 0.15) is 19.3 Å². The third-order valence-corrected chi connectivity index (χ3v) is 4.13. The molecule has 0 heterocycles. The molecule has 5 nitrogen and oxygen atoms in total. The maximum Gasteiger partial charge on any atom is 0.243 e. The van der Waals surface area contributed by atoms with Crippen LogP contribution in [0.2, 0.25) is 5.02 Å². The Morgan fingerprint density at radius 2 is 2.00 bits per heavy atom. The molecular formula is C11H16ClFN2O3S. The first kappa shape index (κ1) is 16.2. The van der Waals surface area contributed by atoms with Gasteiger partial charge in [0.2, 0.25) is 10.0 Å². The molecule has 8 heteroatoms. The summed E-state index contributed by atoms with van der Waals surface area (Å²) in [5.41, 5.74) is 5.02. The molecule has 0 bridgehead atoms. The molecule has 0 amide bonds. The summed E-state index contributed by atoms with van der Waals surface area (Å²) in [5, 5.41) is 8.64. The number of aliphatic hydroxyl groups excluding tert-OH is 1. The van der Waals surface area contributed by atoms with Crippen LogP contribution in [0.4, 0.5) is 10.1 Å². The lowest BCUT2D eigenvalue weighted by Crippen LogP contribution is -2.26. The Bertz CT molecular complexity index is 537. The SMILES string of the molecule is Nc1cc(Cl)cc(S(=O)(=O)NCCCCCO)c1F. The van der Waals surface area contributed by atoms with Gasteiger partial charge in [-0.1, -0.05) is 11.6 Å². The molecule has 108 valence electrons. The van der Waals surface area contributed by atoms with E-state index in [9.17, 15) is 12.8 Å². The van der Waals surface area contributed by atoms with Gasteiger partial charge in [0.25, 0.3) is 0 Å². The molecule has 0 spiro atoms. The first-order valence-corrected chi connectivity index (χ1v) is 7.59. The minimum Gasteiger partial charge on any atom is -0.396 e. The second-order valence-electron chi connectivity index (χ2n) is 3.99. The molecule has 0 aliphatic carbocycles. The summed E-state index contributed by atoms with van der Waals surface area (Å²) < 4.78 is 39.7. The van der Waals surface area contributed by atoms with E-state index < -0.39 is 20.7 Å². The smallest absolute Gasteiger partial charge is 0.243 e. The van der Waals surface area contributed by atoms with Gasteiger partial charge in [-0.3, -0.25) is 0 Å². The predicted octanol–water partition coefficient (Wildman–Crippen LogP) is 1.50. The monoisotopic (exact) mass is 310 g/mol. The van der Waals surface area contributed by atoms with E-state index >= 15 is 0 Å². The van der Waals surface area contributed by atoms with Gasteiger partial charge in [-0.25, -0.2) is 17.5 Å². The van der Waals surface area contributed by atoms with Crippen molar-refractivity contribution in [1.29, 1.82) is 0 Å². The second kappa shape index (κ2) is 7.04. The van der Waals surface area contributed by atoms with E-state index in [4.69, 9.17) is 22.4 Å². The van der Waals surface area contributed by atoms with Gasteiger partial charge in [-0.15, -0.1) is 0 Å². The highest BCUT2D eigenvalue weighted by Crippen LogP contribution is 2.25. The fourth-order valence-electron chi connectivity index (χ4n) is 1.48. The lowest BCUT2D eigenvalue weighted by molar-refractivity contribution is 0.283. The van der Waals surface area contributed by atoms with Crippen molar-refractivity contribution in [2.24, 2.45) is 0 Å². The van der Waals surface area contributed by atoms with Crippen LogP contribution in [0, 0.1) is 5.82 Å². The second-order valence-corrected chi connectivity index (χ2v) is 6.16. The number of nitrogen functional groups attached to an aromatic ring is 1. The summed E-state index contributed by atoms with van der Waals surface area (Å²) in [6.07, 6.45) is 1.83. The molecule has 0 aromatic heterocycles. The number of hydrogen-bond donors (Lipinski definition) is 3. The van der Waals surface area contributed by atoms with Crippen LogP contribution < -0.4 is 10.5 Å². The molecule has 0 aliphatic rings. The van der Waals surface area contributed by atoms with Gasteiger partial charge in [-0.05, 0) is 31.4 Å². The van der Waals surface area contributed by atoms with E-state index in [1.807, 2.05) is 0 Å². The Morgan fingerprint density at radius 3 is 2.63 bits per heavy atom. The molecule has 1 rings (SSSR count). The zero-order chi connectivity index (χ0) is 14.5. The zero-order valence-electron chi connectivity index (χ0n) is 10.2. The largest absolute Gasteiger partial charge is 0.396 e. The van der Waals surface area contributed by atoms with Gasteiger partial charge in [0, 0.05) is 18.2 Å². The van der Waals surface area contributed by atoms with E-state index in [-0.39, 0.29) is 23.9 Å². The fourth-order valence-corrected chi connectivity index (χ4v) is 2.97. The van der Waals surface area contributed by atoms with Gasteiger partial charge in [0.1, 0.15) is 4.90 Å². The normalized spacial score (nSPS) is 11.7. The lowest BCUT2D eigenvalue weighted by Gasteiger charge is -2.09. The van der Waals surface area contributed by atoms with E-state index in [0.717, 1.165) is 12.1 Å². The van der Waals surface area contributed by atoms with Crippen LogP contribution in [0.15, 0.2) is 17.0 Å². The van der Waals surface area contributed by atoms with Crippen molar-refractivity contribution in [2.45, 2.75) is 24.2 Å². The summed E-state index contributed by atoms with van der Waals surface area (Å²) >= 11 is 5.66. The quantitative estimate of drug-likeness (QED) is 0.525. The van der Waals surface area contributed by atoms with Crippen LogP contribution in [0.5, 0.6) is 0 Å². The highest BCUT2D eigenvalue weighted by atomic mass is 35.5. The molecule has 1 aromatic rings. The summed E-state index contributed by atoms with van der Waals surface area (Å²) in [5.74, 6) is -1.01. The molecular weight excluding hydrogens is 295 g/mol. The van der Waals surface area contributed by atoms with Crippen LogP contribution in [-0.4, -0.2) is 26.7 Å². The van der Waals surface area contributed by atoms with Gasteiger partial charge >= 0.3 is 0 Å². The highest BCUT2D eigenvalue weighted by Gasteiger charge is 2.21. The highest BCUT2D eigenvalue weighted by molar-refractivity contribution is 7.89. The number of hydrogen-bond acceptors (Lipinski definition) is 4. The van der Waals surface area contributed by atoms with Crippen molar-refractivity contribution in [3.05, 3.63) is 23.0 Å². The summed E-state index contributed by atoms with van der Waals surface area (Å²) in [7, 11) is -3.98. The number of aliphatic hydroxyl groups is 1. The van der Waals surface area contributed by atoms with Gasteiger partial charge in [0.15, 0.2) is 5.82 Å². The van der Waals surface area contributed by atoms with Gasteiger partial charge in [-0.2, -0.15) is 0 Å². The lowest BCUT2D eigenvalue weighted by atomic mass is 10.2. The molecule has 4 N–H and O–H groups in total. The average Bonchev–Trinajstić information content (AvgIpc) is 2.33. The Balaban J connectivity index is 2.78. The summed E-state index contributed by atoms with van der Waals surface area (Å²) in [4.78, 5) is -0.556. The Morgan fingerprint density at radius 1 is 1.32 bits per heavy atom. The first-order chi connectivity index (χ1) is 8.88. The topological polar surface area (TPSA) is 92.4 Å². The van der Waals surface area contributed by atoms with E-state index in [1.165, 1.54) is 0 Å². The molecule has 0 radical (unpaired) electrons. The van der Waals surface area contributed by atoms with E-state index in [2.05, 4.69) is 4.72 Å². The van der Waals surface area contributed by atoms with Crippen molar-refractivity contribution >= 4 is 27.3 Å². The van der Waals surface area contributed by atoms with E-state index in [1.54, 1.807) is 0 Å². The Labute approximate surface area is 116 Å². The zero-order valence-corrected chi connectivity index (χ0v) is 11.8. The van der Waals surface area contributed by atoms with Crippen LogP contribution in [-0.2, 0) is 10.0 Å². The van der Waals surface area contributed by atoms with Crippen molar-refractivity contribution in [2.75, 3.05) is 18.9 Å². The van der Waals surface area contributed by atoms with Gasteiger partial charge in [0.05, 0.1) is 5.69 Å². The molecule has 0 aliphatic heterocycles. The molecule has 0 atom stereocenters. The predicted molar refractivity (Wildman–Crippen MR) is 71.9 cm³/mol. The number of sulfonamides is 1. The third kappa shape index (κ3) is 4.61. The van der Waals surface area contributed by atoms with Gasteiger partial charge < -0.3 is 10.8 Å². The maximum absolute atomic E-state index is 13.7. The minimum absolute atomic E-state index is 0.0551. The van der Waals surface area contributed by atoms with Crippen molar-refractivity contribution in [3.63, 3.8) is 0 Å². The molecule has 0 saturated carbocycles. The summed E-state index contributed by atoms with van der Waals surface area (Å²) in [6, 6.07) is 2.17. The number of halogens is 2. The molecule has 0 fully saturated rings. The van der Waals surface area contributed by atoms with Crippen molar-refractivity contribution < 1.29 is 17.9 Å². The van der Waals surface area contributed by atoms with Crippen molar-refractivity contribution in [3.8, 4) is 0 Å². The van der Waals surface area contributed by atoms with Crippen LogP contribution in [0.25, 0.3) is 0 Å². The number of unbranched alkanes of at least 4 members (excludes halogenated alkanes) is 2. The standard InChI is InChI=1S/C11H16ClFN2O3S/c12-8-6-9(14)11(13)10(7-8)19(17,18)15-4-2-1-3-5-16/h6-7,15-16H,1-5,14H2. The Hall–Kier alpha value is -0.890. The molecule has 19 heavy (non-hydrogen) atoms. The number of rotatable bonds is 7. The average molecular weight is 311 g/mol. The van der Waals surface area contributed by atoms with Crippen LogP contribution >= 0.6 is 11.6 Å². The Kier molecular flexibility index (Phi) is 5.99. The first-order valence-electron chi connectivity index (χ1n) is 5.73. The number of nitrogens with one attached hydrogen (secondary N) is 1. The third-order valence-electron chi connectivity index (χ3n) is 2.45. The number of nitrogens with two attached hydrogens (primary N) is 1. The number of benzene rings is 1. The fraction of sp³-hybridized carbons (Fsp3) is 0.455. The molecule has 1 aromatic carbocycles. The molecule has 0 unspecified atom stereocenters. The minimum atomic E-state index is -3.98. The molecule has 0 saturated heterocycles. The number of anilines is 1. The van der Waals surface area contributed by atoms with Crippen molar-refractivity contribution in [1.82, 2.24) is 4.72 Å².